The van der Waals surface area contributed by atoms with Gasteiger partial charge in [-0.1, -0.05) is 42.5 Å². The predicted molar refractivity (Wildman–Crippen MR) is 159 cm³/mol. The van der Waals surface area contributed by atoms with Crippen LogP contribution >= 0.6 is 0 Å². The summed E-state index contributed by atoms with van der Waals surface area (Å²) in [6, 6.07) is 32.5. The van der Waals surface area contributed by atoms with Gasteiger partial charge in [-0.15, -0.1) is 0 Å². The third-order valence-electron chi connectivity index (χ3n) is 7.60. The number of benzene rings is 5. The number of phenolic OH excluding ortho intramolecular Hbond substituents is 3. The van der Waals surface area contributed by atoms with E-state index in [1.807, 2.05) is 48.5 Å². The van der Waals surface area contributed by atoms with Gasteiger partial charge < -0.3 is 25.0 Å². The summed E-state index contributed by atoms with van der Waals surface area (Å²) < 4.78 is 6.12. The quantitative estimate of drug-likeness (QED) is 0.226. The van der Waals surface area contributed by atoms with Crippen molar-refractivity contribution in [3.8, 4) is 34.1 Å². The van der Waals surface area contributed by atoms with Crippen molar-refractivity contribution in [2.45, 2.75) is 6.42 Å². The molecule has 1 aliphatic rings. The lowest BCUT2D eigenvalue weighted by Gasteiger charge is -2.35. The van der Waals surface area contributed by atoms with Crippen molar-refractivity contribution < 1.29 is 20.1 Å². The number of hydrogen-bond acceptors (Lipinski definition) is 6. The molecule has 5 aromatic carbocycles. The zero-order valence-electron chi connectivity index (χ0n) is 22.2. The molecule has 0 aliphatic carbocycles. The zero-order valence-corrected chi connectivity index (χ0v) is 22.2. The maximum absolute atomic E-state index is 10.0. The minimum absolute atomic E-state index is 0.242. The summed E-state index contributed by atoms with van der Waals surface area (Å²) in [5.41, 5.74) is 5.60. The van der Waals surface area contributed by atoms with Crippen LogP contribution in [0, 0.1) is 0 Å². The summed E-state index contributed by atoms with van der Waals surface area (Å²) in [4.78, 5) is 4.63. The van der Waals surface area contributed by atoms with Crippen molar-refractivity contribution in [3.05, 3.63) is 114 Å². The van der Waals surface area contributed by atoms with E-state index in [1.165, 1.54) is 5.56 Å². The van der Waals surface area contributed by atoms with Gasteiger partial charge in [-0.05, 0) is 100 Å². The first-order valence-corrected chi connectivity index (χ1v) is 13.5. The smallest absolute Gasteiger partial charge is 0.142 e. The lowest BCUT2D eigenvalue weighted by molar-refractivity contribution is 0.120. The van der Waals surface area contributed by atoms with Crippen molar-refractivity contribution in [3.63, 3.8) is 0 Å². The molecule has 0 unspecified atom stereocenters. The van der Waals surface area contributed by atoms with Crippen molar-refractivity contribution in [2.75, 3.05) is 37.8 Å². The Hall–Kier alpha value is -4.68. The molecule has 6 nitrogen and oxygen atoms in total. The highest BCUT2D eigenvalue weighted by Gasteiger charge is 2.18. The molecule has 6 heteroatoms. The van der Waals surface area contributed by atoms with Gasteiger partial charge in [0.05, 0.1) is 0 Å². The lowest BCUT2D eigenvalue weighted by atomic mass is 9.90. The largest absolute Gasteiger partial charge is 0.508 e. The summed E-state index contributed by atoms with van der Waals surface area (Å²) in [6.07, 6.45) is 0.720. The minimum Gasteiger partial charge on any atom is -0.508 e. The van der Waals surface area contributed by atoms with E-state index in [1.54, 1.807) is 36.4 Å². The topological polar surface area (TPSA) is 76.4 Å². The Morgan fingerprint density at radius 2 is 1.27 bits per heavy atom. The molecule has 1 heterocycles. The number of piperazine rings is 1. The standard InChI is InChI=1S/C34H32N2O4/c37-28-8-3-25(4-9-28)32-15-5-26-22-30(39)12-16-33(26)34(32)21-24-1-13-31(14-2-24)40-23-35-17-19-36(20-18-35)27-6-10-29(38)11-7-27/h1-16,22,37-39H,17-21,23H2. The SMILES string of the molecule is Oc1ccc(-c2ccc3cc(O)ccc3c2Cc2ccc(OCN3CCN(c4ccc(O)cc4)CC3)cc2)cc1. The number of phenols is 3. The van der Waals surface area contributed by atoms with Gasteiger partial charge in [-0.25, -0.2) is 0 Å². The molecule has 0 bridgehead atoms. The molecular formula is C34H32N2O4. The van der Waals surface area contributed by atoms with E-state index >= 15 is 0 Å². The lowest BCUT2D eigenvalue weighted by Crippen LogP contribution is -2.47. The van der Waals surface area contributed by atoms with Crippen LogP contribution in [0.25, 0.3) is 21.9 Å². The number of rotatable bonds is 7. The average molecular weight is 533 g/mol. The molecule has 0 saturated carbocycles. The molecule has 0 spiro atoms. The molecule has 0 amide bonds. The van der Waals surface area contributed by atoms with Gasteiger partial charge in [0.15, 0.2) is 0 Å². The first-order chi connectivity index (χ1) is 19.5. The van der Waals surface area contributed by atoms with Gasteiger partial charge in [0.1, 0.15) is 29.7 Å². The van der Waals surface area contributed by atoms with E-state index in [0.29, 0.717) is 6.73 Å². The Bertz CT molecular complexity index is 1590. The first-order valence-electron chi connectivity index (χ1n) is 13.5. The highest BCUT2D eigenvalue weighted by Crippen LogP contribution is 2.34. The van der Waals surface area contributed by atoms with Crippen molar-refractivity contribution >= 4 is 16.5 Å². The van der Waals surface area contributed by atoms with Gasteiger partial charge in [-0.3, -0.25) is 4.90 Å². The third-order valence-corrected chi connectivity index (χ3v) is 7.60. The third kappa shape index (κ3) is 5.67. The molecule has 40 heavy (non-hydrogen) atoms. The van der Waals surface area contributed by atoms with Crippen molar-refractivity contribution in [1.82, 2.24) is 4.90 Å². The maximum Gasteiger partial charge on any atom is 0.142 e. The molecule has 1 fully saturated rings. The molecule has 1 aliphatic heterocycles. The number of fused-ring (bicyclic) bond motifs is 1. The van der Waals surface area contributed by atoms with Crippen LogP contribution in [0.1, 0.15) is 11.1 Å². The number of ether oxygens (including phenoxy) is 1. The molecular weight excluding hydrogens is 500 g/mol. The van der Waals surface area contributed by atoms with E-state index in [-0.39, 0.29) is 17.2 Å². The Morgan fingerprint density at radius 1 is 0.625 bits per heavy atom. The van der Waals surface area contributed by atoms with Crippen LogP contribution in [-0.4, -0.2) is 53.1 Å². The molecule has 0 aromatic heterocycles. The highest BCUT2D eigenvalue weighted by atomic mass is 16.5. The number of anilines is 1. The van der Waals surface area contributed by atoms with Crippen LogP contribution in [0.5, 0.6) is 23.0 Å². The van der Waals surface area contributed by atoms with Crippen LogP contribution in [0.2, 0.25) is 0 Å². The average Bonchev–Trinajstić information content (AvgIpc) is 2.98. The number of hydrogen-bond donors (Lipinski definition) is 3. The second-order valence-corrected chi connectivity index (χ2v) is 10.3. The van der Waals surface area contributed by atoms with Crippen LogP contribution in [0.4, 0.5) is 5.69 Å². The Kier molecular flexibility index (Phi) is 7.17. The number of nitrogens with zero attached hydrogens (tertiary/aromatic N) is 2. The van der Waals surface area contributed by atoms with E-state index in [0.717, 1.165) is 71.5 Å². The second kappa shape index (κ2) is 11.2. The van der Waals surface area contributed by atoms with Crippen molar-refractivity contribution in [1.29, 1.82) is 0 Å². The molecule has 5 aromatic rings. The Labute approximate surface area is 233 Å². The normalized spacial score (nSPS) is 13.9. The Morgan fingerprint density at radius 3 is 1.98 bits per heavy atom. The van der Waals surface area contributed by atoms with E-state index in [9.17, 15) is 15.3 Å². The first kappa shape index (κ1) is 25.6. The summed E-state index contributed by atoms with van der Waals surface area (Å²) in [6.45, 7) is 4.20. The van der Waals surface area contributed by atoms with Gasteiger partial charge >= 0.3 is 0 Å². The summed E-state index contributed by atoms with van der Waals surface area (Å²) in [5, 5.41) is 31.4. The van der Waals surface area contributed by atoms with Gasteiger partial charge in [0.2, 0.25) is 0 Å². The molecule has 3 N–H and O–H groups in total. The molecule has 0 atom stereocenters. The molecule has 6 rings (SSSR count). The fraction of sp³-hybridized carbons (Fsp3) is 0.176. The molecule has 0 radical (unpaired) electrons. The maximum atomic E-state index is 10.0. The summed E-state index contributed by atoms with van der Waals surface area (Å²) in [7, 11) is 0. The number of aromatic hydroxyl groups is 3. The van der Waals surface area contributed by atoms with Gasteiger partial charge in [-0.2, -0.15) is 0 Å². The molecule has 202 valence electrons. The zero-order chi connectivity index (χ0) is 27.5. The summed E-state index contributed by atoms with van der Waals surface area (Å²) >= 11 is 0. The summed E-state index contributed by atoms with van der Waals surface area (Å²) in [5.74, 6) is 1.62. The van der Waals surface area contributed by atoms with Crippen molar-refractivity contribution in [2.24, 2.45) is 0 Å². The van der Waals surface area contributed by atoms with E-state index in [2.05, 4.69) is 28.0 Å². The van der Waals surface area contributed by atoms with E-state index < -0.39 is 0 Å². The van der Waals surface area contributed by atoms with Crippen LogP contribution < -0.4 is 9.64 Å². The van der Waals surface area contributed by atoms with Crippen LogP contribution in [-0.2, 0) is 6.42 Å². The van der Waals surface area contributed by atoms with Gasteiger partial charge in [0, 0.05) is 31.9 Å². The predicted octanol–water partition coefficient (Wildman–Crippen LogP) is 6.37. The molecule has 1 saturated heterocycles. The minimum atomic E-state index is 0.242. The Balaban J connectivity index is 1.13. The van der Waals surface area contributed by atoms with Crippen LogP contribution in [0.3, 0.4) is 0 Å². The fourth-order valence-corrected chi connectivity index (χ4v) is 5.36. The van der Waals surface area contributed by atoms with Gasteiger partial charge in [0.25, 0.3) is 0 Å². The van der Waals surface area contributed by atoms with E-state index in [4.69, 9.17) is 4.74 Å². The van der Waals surface area contributed by atoms with Crippen LogP contribution in [0.15, 0.2) is 103 Å². The second-order valence-electron chi connectivity index (χ2n) is 10.3. The fourth-order valence-electron chi connectivity index (χ4n) is 5.36. The highest BCUT2D eigenvalue weighted by molar-refractivity contribution is 5.93. The monoisotopic (exact) mass is 532 g/mol.